The monoisotopic (exact) mass is 270 g/mol. The quantitative estimate of drug-likeness (QED) is 0.701. The molecular formula is C13H9Cl3. The molecule has 0 aliphatic heterocycles. The fourth-order valence-corrected chi connectivity index (χ4v) is 2.22. The Kier molecular flexibility index (Phi) is 3.75. The zero-order chi connectivity index (χ0) is 11.5. The molecule has 0 unspecified atom stereocenters. The molecule has 0 aliphatic rings. The van der Waals surface area contributed by atoms with Gasteiger partial charge >= 0.3 is 0 Å². The van der Waals surface area contributed by atoms with E-state index in [9.17, 15) is 0 Å². The van der Waals surface area contributed by atoms with Gasteiger partial charge < -0.3 is 0 Å². The smallest absolute Gasteiger partial charge is 0.0456 e. The van der Waals surface area contributed by atoms with Gasteiger partial charge in [-0.25, -0.2) is 0 Å². The highest BCUT2D eigenvalue weighted by atomic mass is 35.5. The lowest BCUT2D eigenvalue weighted by Crippen LogP contribution is -1.89. The van der Waals surface area contributed by atoms with Crippen LogP contribution in [0, 0.1) is 0 Å². The van der Waals surface area contributed by atoms with Gasteiger partial charge in [0.05, 0.1) is 0 Å². The summed E-state index contributed by atoms with van der Waals surface area (Å²) in [6.45, 7) is 0. The van der Waals surface area contributed by atoms with Gasteiger partial charge in [0.15, 0.2) is 0 Å². The van der Waals surface area contributed by atoms with E-state index in [-0.39, 0.29) is 0 Å². The van der Waals surface area contributed by atoms with Gasteiger partial charge in [-0.2, -0.15) is 0 Å². The van der Waals surface area contributed by atoms with Gasteiger partial charge in [-0.1, -0.05) is 53.0 Å². The molecule has 0 aromatic heterocycles. The Morgan fingerprint density at radius 1 is 0.812 bits per heavy atom. The van der Waals surface area contributed by atoms with E-state index in [1.54, 1.807) is 6.07 Å². The minimum Gasteiger partial charge on any atom is -0.0843 e. The number of hydrogen-bond acceptors (Lipinski definition) is 0. The van der Waals surface area contributed by atoms with Crippen molar-refractivity contribution in [3.63, 3.8) is 0 Å². The Labute approximate surface area is 110 Å². The van der Waals surface area contributed by atoms with E-state index in [1.165, 1.54) is 0 Å². The second-order valence-corrected chi connectivity index (χ2v) is 4.82. The highest BCUT2D eigenvalue weighted by Gasteiger charge is 2.03. The maximum atomic E-state index is 6.10. The van der Waals surface area contributed by atoms with Crippen molar-refractivity contribution in [1.29, 1.82) is 0 Å². The summed E-state index contributed by atoms with van der Waals surface area (Å²) in [5.74, 6) is 0. The van der Waals surface area contributed by atoms with Crippen molar-refractivity contribution in [1.82, 2.24) is 0 Å². The van der Waals surface area contributed by atoms with Gasteiger partial charge in [-0.3, -0.25) is 0 Å². The second-order valence-electron chi connectivity index (χ2n) is 3.54. The first-order valence-corrected chi connectivity index (χ1v) is 5.97. The summed E-state index contributed by atoms with van der Waals surface area (Å²) in [5.41, 5.74) is 2.19. The summed E-state index contributed by atoms with van der Waals surface area (Å²) in [6.07, 6.45) is 0.760. The number of hydrogen-bond donors (Lipinski definition) is 0. The lowest BCUT2D eigenvalue weighted by molar-refractivity contribution is 1.19. The normalized spacial score (nSPS) is 10.4. The average Bonchev–Trinajstić information content (AvgIpc) is 2.22. The van der Waals surface area contributed by atoms with E-state index in [4.69, 9.17) is 34.8 Å². The molecule has 82 valence electrons. The summed E-state index contributed by atoms with van der Waals surface area (Å²) in [4.78, 5) is 0. The fourth-order valence-electron chi connectivity index (χ4n) is 1.53. The van der Waals surface area contributed by atoms with E-state index >= 15 is 0 Å². The first kappa shape index (κ1) is 11.8. The van der Waals surface area contributed by atoms with Crippen LogP contribution in [-0.2, 0) is 6.42 Å². The molecule has 3 heteroatoms. The molecule has 0 fully saturated rings. The maximum Gasteiger partial charge on any atom is 0.0456 e. The van der Waals surface area contributed by atoms with Gasteiger partial charge in [0.1, 0.15) is 0 Å². The number of rotatable bonds is 2. The standard InChI is InChI=1S/C13H9Cl3/c14-11-3-1-2-9(7-11)6-10-4-5-12(15)8-13(10)16/h1-5,7-8H,6H2. The van der Waals surface area contributed by atoms with Crippen molar-refractivity contribution >= 4 is 34.8 Å². The molecule has 0 nitrogen and oxygen atoms in total. The third-order valence-electron chi connectivity index (χ3n) is 2.30. The first-order chi connectivity index (χ1) is 7.65. The van der Waals surface area contributed by atoms with Gasteiger partial charge in [0, 0.05) is 15.1 Å². The highest BCUT2D eigenvalue weighted by molar-refractivity contribution is 6.35. The van der Waals surface area contributed by atoms with Crippen molar-refractivity contribution in [2.24, 2.45) is 0 Å². The van der Waals surface area contributed by atoms with Gasteiger partial charge in [-0.15, -0.1) is 0 Å². The molecule has 0 N–H and O–H groups in total. The van der Waals surface area contributed by atoms with Crippen LogP contribution in [0.4, 0.5) is 0 Å². The van der Waals surface area contributed by atoms with Gasteiger partial charge in [-0.05, 0) is 41.8 Å². The number of halogens is 3. The van der Waals surface area contributed by atoms with Gasteiger partial charge in [0.2, 0.25) is 0 Å². The van der Waals surface area contributed by atoms with Crippen molar-refractivity contribution < 1.29 is 0 Å². The third-order valence-corrected chi connectivity index (χ3v) is 3.12. The maximum absolute atomic E-state index is 6.10. The molecule has 0 heterocycles. The van der Waals surface area contributed by atoms with Crippen LogP contribution in [0.2, 0.25) is 15.1 Å². The molecule has 0 radical (unpaired) electrons. The van der Waals surface area contributed by atoms with E-state index < -0.39 is 0 Å². The molecule has 0 saturated heterocycles. The molecule has 0 aliphatic carbocycles. The van der Waals surface area contributed by atoms with Crippen molar-refractivity contribution in [3.05, 3.63) is 68.7 Å². The molecule has 16 heavy (non-hydrogen) atoms. The Bertz CT molecular complexity index is 506. The summed E-state index contributed by atoms with van der Waals surface area (Å²) in [7, 11) is 0. The molecule has 2 aromatic rings. The third kappa shape index (κ3) is 2.91. The first-order valence-electron chi connectivity index (χ1n) is 4.83. The minimum atomic E-state index is 0.653. The fraction of sp³-hybridized carbons (Fsp3) is 0.0769. The molecule has 0 atom stereocenters. The van der Waals surface area contributed by atoms with Crippen LogP contribution in [0.3, 0.4) is 0 Å². The Hall–Kier alpha value is -0.690. The largest absolute Gasteiger partial charge is 0.0843 e. The summed E-state index contributed by atoms with van der Waals surface area (Å²) in [5, 5.41) is 2.08. The molecule has 0 amide bonds. The highest BCUT2D eigenvalue weighted by Crippen LogP contribution is 2.24. The Morgan fingerprint density at radius 2 is 1.56 bits per heavy atom. The van der Waals surface area contributed by atoms with E-state index in [1.807, 2.05) is 36.4 Å². The van der Waals surface area contributed by atoms with E-state index in [0.717, 1.165) is 22.6 Å². The second kappa shape index (κ2) is 5.09. The molecular weight excluding hydrogens is 263 g/mol. The van der Waals surface area contributed by atoms with Crippen LogP contribution in [0.25, 0.3) is 0 Å². The Balaban J connectivity index is 2.27. The lowest BCUT2D eigenvalue weighted by atomic mass is 10.1. The molecule has 0 saturated carbocycles. The van der Waals surface area contributed by atoms with Crippen LogP contribution in [0.15, 0.2) is 42.5 Å². The van der Waals surface area contributed by atoms with Crippen LogP contribution in [0.1, 0.15) is 11.1 Å². The SMILES string of the molecule is Clc1cccc(Cc2ccc(Cl)cc2Cl)c1. The summed E-state index contributed by atoms with van der Waals surface area (Å²) < 4.78 is 0. The summed E-state index contributed by atoms with van der Waals surface area (Å²) in [6, 6.07) is 13.3. The zero-order valence-electron chi connectivity index (χ0n) is 8.38. The van der Waals surface area contributed by atoms with Crippen LogP contribution < -0.4 is 0 Å². The summed E-state index contributed by atoms with van der Waals surface area (Å²) >= 11 is 17.9. The topological polar surface area (TPSA) is 0 Å². The Morgan fingerprint density at radius 3 is 2.25 bits per heavy atom. The van der Waals surface area contributed by atoms with Crippen molar-refractivity contribution in [3.8, 4) is 0 Å². The van der Waals surface area contributed by atoms with Crippen LogP contribution in [0.5, 0.6) is 0 Å². The van der Waals surface area contributed by atoms with E-state index in [0.29, 0.717) is 10.0 Å². The molecule has 0 bridgehead atoms. The minimum absolute atomic E-state index is 0.653. The predicted molar refractivity (Wildman–Crippen MR) is 70.7 cm³/mol. The predicted octanol–water partition coefficient (Wildman–Crippen LogP) is 5.24. The zero-order valence-corrected chi connectivity index (χ0v) is 10.7. The number of benzene rings is 2. The van der Waals surface area contributed by atoms with Crippen LogP contribution >= 0.6 is 34.8 Å². The molecule has 0 spiro atoms. The average molecular weight is 272 g/mol. The molecule has 2 rings (SSSR count). The van der Waals surface area contributed by atoms with E-state index in [2.05, 4.69) is 0 Å². The van der Waals surface area contributed by atoms with Crippen LogP contribution in [-0.4, -0.2) is 0 Å². The molecule has 2 aromatic carbocycles. The van der Waals surface area contributed by atoms with Crippen molar-refractivity contribution in [2.45, 2.75) is 6.42 Å². The van der Waals surface area contributed by atoms with Gasteiger partial charge in [0.25, 0.3) is 0 Å². The lowest BCUT2D eigenvalue weighted by Gasteiger charge is -2.05. The van der Waals surface area contributed by atoms with Crippen molar-refractivity contribution in [2.75, 3.05) is 0 Å².